The summed E-state index contributed by atoms with van der Waals surface area (Å²) in [6.45, 7) is 1.44. The molecule has 0 saturated carbocycles. The van der Waals surface area contributed by atoms with Gasteiger partial charge >= 0.3 is 0 Å². The Morgan fingerprint density at radius 1 is 1.58 bits per heavy atom. The lowest BCUT2D eigenvalue weighted by molar-refractivity contribution is 0.0903. The second-order valence-electron chi connectivity index (χ2n) is 4.40. The van der Waals surface area contributed by atoms with E-state index in [9.17, 15) is 0 Å². The van der Waals surface area contributed by atoms with Crippen LogP contribution >= 0.6 is 11.6 Å². The monoisotopic (exact) mass is 284 g/mol. The van der Waals surface area contributed by atoms with Crippen molar-refractivity contribution in [3.8, 4) is 5.75 Å². The van der Waals surface area contributed by atoms with Gasteiger partial charge in [-0.25, -0.2) is 0 Å². The average Bonchev–Trinajstić information content (AvgIpc) is 2.91. The molecule has 2 rings (SSSR count). The highest BCUT2D eigenvalue weighted by atomic mass is 35.5. The third-order valence-corrected chi connectivity index (χ3v) is 3.37. The zero-order chi connectivity index (χ0) is 13.7. The smallest absolute Gasteiger partial charge is 0.171 e. The number of hydrogen-bond acceptors (Lipinski definition) is 4. The number of nitrogens with two attached hydrogens (primary N) is 1. The molecule has 1 atom stereocenters. The average molecular weight is 285 g/mol. The van der Waals surface area contributed by atoms with Gasteiger partial charge in [-0.1, -0.05) is 16.8 Å². The lowest BCUT2D eigenvalue weighted by Gasteiger charge is -2.11. The van der Waals surface area contributed by atoms with Gasteiger partial charge < -0.3 is 20.4 Å². The molecular formula is C13H17ClN2O3. The number of halogens is 1. The van der Waals surface area contributed by atoms with Crippen LogP contribution in [0.2, 0.25) is 5.02 Å². The highest BCUT2D eigenvalue weighted by Gasteiger charge is 2.15. The first-order valence-electron chi connectivity index (χ1n) is 6.22. The van der Waals surface area contributed by atoms with Crippen molar-refractivity contribution >= 4 is 17.4 Å². The van der Waals surface area contributed by atoms with E-state index in [1.54, 1.807) is 18.2 Å². The Bertz CT molecular complexity index is 459. The van der Waals surface area contributed by atoms with E-state index in [0.717, 1.165) is 25.9 Å². The van der Waals surface area contributed by atoms with Gasteiger partial charge in [0, 0.05) is 18.6 Å². The van der Waals surface area contributed by atoms with Gasteiger partial charge in [-0.2, -0.15) is 0 Å². The van der Waals surface area contributed by atoms with E-state index in [1.807, 2.05) is 0 Å². The van der Waals surface area contributed by atoms with E-state index in [0.29, 0.717) is 29.0 Å². The van der Waals surface area contributed by atoms with Gasteiger partial charge in [0.05, 0.1) is 17.7 Å². The first-order valence-corrected chi connectivity index (χ1v) is 6.60. The topological polar surface area (TPSA) is 77.1 Å². The van der Waals surface area contributed by atoms with E-state index in [1.165, 1.54) is 0 Å². The molecule has 5 nitrogen and oxygen atoms in total. The van der Waals surface area contributed by atoms with E-state index >= 15 is 0 Å². The highest BCUT2D eigenvalue weighted by Crippen LogP contribution is 2.23. The Labute approximate surface area is 116 Å². The summed E-state index contributed by atoms with van der Waals surface area (Å²) < 4.78 is 11.1. The maximum Gasteiger partial charge on any atom is 0.171 e. The summed E-state index contributed by atoms with van der Waals surface area (Å²) in [4.78, 5) is 0. The molecule has 1 aromatic carbocycles. The van der Waals surface area contributed by atoms with Crippen LogP contribution in [0.5, 0.6) is 5.75 Å². The Morgan fingerprint density at radius 3 is 3.05 bits per heavy atom. The van der Waals surface area contributed by atoms with Crippen molar-refractivity contribution in [1.29, 1.82) is 0 Å². The molecule has 1 aliphatic rings. The van der Waals surface area contributed by atoms with Gasteiger partial charge in [0.2, 0.25) is 0 Å². The number of ether oxygens (including phenoxy) is 2. The number of rotatable bonds is 5. The number of oxime groups is 1. The lowest BCUT2D eigenvalue weighted by atomic mass is 10.2. The number of benzene rings is 1. The summed E-state index contributed by atoms with van der Waals surface area (Å²) in [5.41, 5.74) is 5.97. The number of amidine groups is 1. The van der Waals surface area contributed by atoms with E-state index < -0.39 is 0 Å². The third kappa shape index (κ3) is 3.75. The van der Waals surface area contributed by atoms with Crippen LogP contribution in [-0.2, 0) is 4.74 Å². The minimum atomic E-state index is -0.0177. The van der Waals surface area contributed by atoms with E-state index in [-0.39, 0.29) is 5.84 Å². The fourth-order valence-corrected chi connectivity index (χ4v) is 2.29. The lowest BCUT2D eigenvalue weighted by Crippen LogP contribution is -2.14. The molecule has 0 spiro atoms. The quantitative estimate of drug-likeness (QED) is 0.377. The van der Waals surface area contributed by atoms with Gasteiger partial charge in [-0.15, -0.1) is 0 Å². The van der Waals surface area contributed by atoms with Gasteiger partial charge in [-0.05, 0) is 31.0 Å². The summed E-state index contributed by atoms with van der Waals surface area (Å²) in [6, 6.07) is 5.07. The number of nitrogens with zero attached hydrogens (tertiary/aromatic N) is 1. The molecule has 3 N–H and O–H groups in total. The predicted octanol–water partition coefficient (Wildman–Crippen LogP) is 2.38. The SMILES string of the molecule is N/C(=N/O)c1ccc(OCCC2CCCO2)cc1Cl. The molecule has 1 aromatic rings. The van der Waals surface area contributed by atoms with Crippen LogP contribution in [0.25, 0.3) is 0 Å². The standard InChI is InChI=1S/C13H17ClN2O3/c14-12-8-10(3-4-11(12)13(15)16-17)19-7-5-9-2-1-6-18-9/h3-4,8-9,17H,1-2,5-7H2,(H2,15,16). The Hall–Kier alpha value is -1.46. The molecule has 0 aliphatic carbocycles. The first kappa shape index (κ1) is 14.0. The molecule has 0 radical (unpaired) electrons. The fourth-order valence-electron chi connectivity index (χ4n) is 2.03. The Morgan fingerprint density at radius 2 is 2.42 bits per heavy atom. The summed E-state index contributed by atoms with van der Waals surface area (Å²) in [6.07, 6.45) is 3.42. The maximum absolute atomic E-state index is 8.60. The molecule has 1 saturated heterocycles. The molecule has 1 aliphatic heterocycles. The second kappa shape index (κ2) is 6.63. The molecule has 0 aromatic heterocycles. The van der Waals surface area contributed by atoms with Crippen LogP contribution in [0.4, 0.5) is 0 Å². The number of hydrogen-bond donors (Lipinski definition) is 2. The minimum Gasteiger partial charge on any atom is -0.493 e. The molecular weight excluding hydrogens is 268 g/mol. The molecule has 1 fully saturated rings. The van der Waals surface area contributed by atoms with Crippen LogP contribution < -0.4 is 10.5 Å². The zero-order valence-corrected chi connectivity index (χ0v) is 11.3. The van der Waals surface area contributed by atoms with Crippen molar-refractivity contribution in [2.75, 3.05) is 13.2 Å². The molecule has 1 heterocycles. The van der Waals surface area contributed by atoms with Crippen LogP contribution in [-0.4, -0.2) is 30.4 Å². The molecule has 0 amide bonds. The van der Waals surface area contributed by atoms with Gasteiger partial charge in [0.25, 0.3) is 0 Å². The summed E-state index contributed by atoms with van der Waals surface area (Å²) in [5.74, 6) is 0.647. The van der Waals surface area contributed by atoms with Crippen molar-refractivity contribution < 1.29 is 14.7 Å². The predicted molar refractivity (Wildman–Crippen MR) is 73.0 cm³/mol. The second-order valence-corrected chi connectivity index (χ2v) is 4.81. The van der Waals surface area contributed by atoms with Crippen LogP contribution in [0.1, 0.15) is 24.8 Å². The van der Waals surface area contributed by atoms with Crippen molar-refractivity contribution in [2.24, 2.45) is 10.9 Å². The van der Waals surface area contributed by atoms with Gasteiger partial charge in [-0.3, -0.25) is 0 Å². The Kier molecular flexibility index (Phi) is 4.87. The highest BCUT2D eigenvalue weighted by molar-refractivity contribution is 6.34. The molecule has 1 unspecified atom stereocenters. The Balaban J connectivity index is 1.88. The zero-order valence-electron chi connectivity index (χ0n) is 10.5. The van der Waals surface area contributed by atoms with Crippen molar-refractivity contribution in [2.45, 2.75) is 25.4 Å². The van der Waals surface area contributed by atoms with Gasteiger partial charge in [0.15, 0.2) is 5.84 Å². The third-order valence-electron chi connectivity index (χ3n) is 3.06. The molecule has 6 heteroatoms. The summed E-state index contributed by atoms with van der Waals surface area (Å²) in [7, 11) is 0. The molecule has 104 valence electrons. The van der Waals surface area contributed by atoms with Gasteiger partial charge in [0.1, 0.15) is 5.75 Å². The largest absolute Gasteiger partial charge is 0.493 e. The van der Waals surface area contributed by atoms with E-state index in [2.05, 4.69) is 5.16 Å². The minimum absolute atomic E-state index is 0.0177. The van der Waals surface area contributed by atoms with Crippen molar-refractivity contribution in [1.82, 2.24) is 0 Å². The first-order chi connectivity index (χ1) is 9.20. The normalized spacial score (nSPS) is 19.6. The summed E-state index contributed by atoms with van der Waals surface area (Å²) in [5, 5.41) is 11.9. The van der Waals surface area contributed by atoms with Crippen molar-refractivity contribution in [3.63, 3.8) is 0 Å². The fraction of sp³-hybridized carbons (Fsp3) is 0.462. The van der Waals surface area contributed by atoms with E-state index in [4.69, 9.17) is 32.0 Å². The molecule has 0 bridgehead atoms. The summed E-state index contributed by atoms with van der Waals surface area (Å²) >= 11 is 6.03. The maximum atomic E-state index is 8.60. The van der Waals surface area contributed by atoms with Crippen LogP contribution in [0, 0.1) is 0 Å². The van der Waals surface area contributed by atoms with Crippen LogP contribution in [0.3, 0.4) is 0 Å². The van der Waals surface area contributed by atoms with Crippen LogP contribution in [0.15, 0.2) is 23.4 Å². The molecule has 19 heavy (non-hydrogen) atoms. The van der Waals surface area contributed by atoms with Crippen molar-refractivity contribution in [3.05, 3.63) is 28.8 Å².